The van der Waals surface area contributed by atoms with Crippen molar-refractivity contribution in [1.29, 1.82) is 0 Å². The van der Waals surface area contributed by atoms with E-state index in [-0.39, 0.29) is 5.82 Å². The van der Waals surface area contributed by atoms with Crippen molar-refractivity contribution in [3.63, 3.8) is 0 Å². The topological polar surface area (TPSA) is 64.3 Å². The van der Waals surface area contributed by atoms with E-state index in [0.717, 1.165) is 16.2 Å². The number of fused-ring (bicyclic) bond motifs is 1. The number of methoxy groups -OCH3 is 1. The summed E-state index contributed by atoms with van der Waals surface area (Å²) in [7, 11) is 3.49. The molecular formula is C13H13FN4O2S. The number of rotatable bonds is 5. The summed E-state index contributed by atoms with van der Waals surface area (Å²) in [6.45, 7) is 0.886. The number of benzene rings is 1. The van der Waals surface area contributed by atoms with Crippen LogP contribution in [0.1, 0.15) is 11.5 Å². The highest BCUT2D eigenvalue weighted by Gasteiger charge is 2.14. The molecule has 0 aliphatic rings. The molecule has 0 bridgehead atoms. The van der Waals surface area contributed by atoms with Crippen molar-refractivity contribution < 1.29 is 13.7 Å². The van der Waals surface area contributed by atoms with Gasteiger partial charge in [0, 0.05) is 37.1 Å². The summed E-state index contributed by atoms with van der Waals surface area (Å²) in [4.78, 5) is 6.28. The number of nitrogens with zero attached hydrogens (tertiary/aromatic N) is 4. The quantitative estimate of drug-likeness (QED) is 0.722. The van der Waals surface area contributed by atoms with Crippen LogP contribution in [0.4, 0.5) is 9.52 Å². The van der Waals surface area contributed by atoms with Gasteiger partial charge in [-0.25, -0.2) is 9.37 Å². The van der Waals surface area contributed by atoms with Crippen molar-refractivity contribution in [2.75, 3.05) is 19.1 Å². The lowest BCUT2D eigenvalue weighted by molar-refractivity contribution is 0.179. The summed E-state index contributed by atoms with van der Waals surface area (Å²) in [6.07, 6.45) is 0. The highest BCUT2D eigenvalue weighted by molar-refractivity contribution is 7.09. The van der Waals surface area contributed by atoms with E-state index in [4.69, 9.17) is 9.26 Å². The van der Waals surface area contributed by atoms with E-state index in [1.54, 1.807) is 13.2 Å². The average Bonchev–Trinajstić information content (AvgIpc) is 3.06. The lowest BCUT2D eigenvalue weighted by atomic mass is 10.2. The molecule has 0 N–H and O–H groups in total. The molecule has 2 aromatic heterocycles. The van der Waals surface area contributed by atoms with Crippen LogP contribution < -0.4 is 4.90 Å². The van der Waals surface area contributed by atoms with Crippen molar-refractivity contribution in [3.8, 4) is 0 Å². The van der Waals surface area contributed by atoms with Crippen LogP contribution in [0.3, 0.4) is 0 Å². The lowest BCUT2D eigenvalue weighted by Crippen LogP contribution is -2.16. The summed E-state index contributed by atoms with van der Waals surface area (Å²) in [5.41, 5.74) is 1.17. The zero-order chi connectivity index (χ0) is 14.8. The van der Waals surface area contributed by atoms with Gasteiger partial charge in [0.25, 0.3) is 0 Å². The monoisotopic (exact) mass is 308 g/mol. The third-order valence-electron chi connectivity index (χ3n) is 2.95. The van der Waals surface area contributed by atoms with E-state index in [1.807, 2.05) is 11.9 Å². The Labute approximate surface area is 124 Å². The maximum atomic E-state index is 13.1. The van der Waals surface area contributed by atoms with Crippen LogP contribution in [0.25, 0.3) is 11.0 Å². The third-order valence-corrected chi connectivity index (χ3v) is 3.82. The minimum absolute atomic E-state index is 0.341. The summed E-state index contributed by atoms with van der Waals surface area (Å²) < 4.78 is 27.5. The van der Waals surface area contributed by atoms with Gasteiger partial charge in [0.2, 0.25) is 5.13 Å². The van der Waals surface area contributed by atoms with Crippen LogP contribution in [0.15, 0.2) is 22.7 Å². The molecule has 0 saturated carbocycles. The zero-order valence-corrected chi connectivity index (χ0v) is 12.4. The maximum absolute atomic E-state index is 13.1. The van der Waals surface area contributed by atoms with Gasteiger partial charge in [-0.05, 0) is 12.1 Å². The summed E-state index contributed by atoms with van der Waals surface area (Å²) in [5, 5.41) is 5.55. The molecule has 3 rings (SSSR count). The second-order valence-corrected chi connectivity index (χ2v) is 5.28. The fourth-order valence-electron chi connectivity index (χ4n) is 1.96. The number of hydrogen-bond donors (Lipinski definition) is 0. The van der Waals surface area contributed by atoms with Crippen molar-refractivity contribution >= 4 is 27.6 Å². The Hall–Kier alpha value is -2.06. The van der Waals surface area contributed by atoms with Crippen LogP contribution in [-0.4, -0.2) is 28.7 Å². The SMILES string of the molecule is COCc1nsc(N(C)Cc2noc3cc(F)ccc23)n1. The second kappa shape index (κ2) is 5.74. The van der Waals surface area contributed by atoms with E-state index in [2.05, 4.69) is 14.5 Å². The molecule has 0 spiro atoms. The predicted molar refractivity (Wildman–Crippen MR) is 76.7 cm³/mol. The van der Waals surface area contributed by atoms with Crippen LogP contribution in [-0.2, 0) is 17.9 Å². The molecule has 1 aromatic carbocycles. The largest absolute Gasteiger partial charge is 0.377 e. The van der Waals surface area contributed by atoms with Gasteiger partial charge in [0.05, 0.1) is 6.54 Å². The van der Waals surface area contributed by atoms with Crippen molar-refractivity contribution in [3.05, 3.63) is 35.5 Å². The van der Waals surface area contributed by atoms with E-state index >= 15 is 0 Å². The minimum Gasteiger partial charge on any atom is -0.377 e. The smallest absolute Gasteiger partial charge is 0.205 e. The molecule has 8 heteroatoms. The zero-order valence-electron chi connectivity index (χ0n) is 11.5. The number of aromatic nitrogens is 3. The molecular weight excluding hydrogens is 295 g/mol. The fourth-order valence-corrected chi connectivity index (χ4v) is 2.59. The van der Waals surface area contributed by atoms with Gasteiger partial charge >= 0.3 is 0 Å². The first-order valence-corrected chi connectivity index (χ1v) is 7.01. The highest BCUT2D eigenvalue weighted by Crippen LogP contribution is 2.23. The van der Waals surface area contributed by atoms with Crippen molar-refractivity contribution in [2.24, 2.45) is 0 Å². The molecule has 6 nitrogen and oxygen atoms in total. The predicted octanol–water partition coefficient (Wildman–Crippen LogP) is 2.60. The molecule has 2 heterocycles. The Morgan fingerprint density at radius 2 is 2.29 bits per heavy atom. The van der Waals surface area contributed by atoms with Gasteiger partial charge in [-0.15, -0.1) is 0 Å². The molecule has 0 unspecified atom stereocenters. The molecule has 3 aromatic rings. The van der Waals surface area contributed by atoms with Crippen LogP contribution in [0.5, 0.6) is 0 Å². The molecule has 0 atom stereocenters. The highest BCUT2D eigenvalue weighted by atomic mass is 32.1. The average molecular weight is 308 g/mol. The van der Waals surface area contributed by atoms with Gasteiger partial charge in [0.1, 0.15) is 18.1 Å². The second-order valence-electron chi connectivity index (χ2n) is 4.55. The summed E-state index contributed by atoms with van der Waals surface area (Å²) >= 11 is 1.29. The molecule has 21 heavy (non-hydrogen) atoms. The Morgan fingerprint density at radius 1 is 1.43 bits per heavy atom. The number of halogens is 1. The van der Waals surface area contributed by atoms with E-state index < -0.39 is 0 Å². The Balaban J connectivity index is 1.80. The maximum Gasteiger partial charge on any atom is 0.205 e. The standard InChI is InChI=1S/C13H13FN4O2S/c1-18(13-15-12(7-19-2)17-21-13)6-10-9-4-3-8(14)5-11(9)20-16-10/h3-5H,6-7H2,1-2H3. The Kier molecular flexibility index (Phi) is 3.80. The normalized spacial score (nSPS) is 11.2. The fraction of sp³-hybridized carbons (Fsp3) is 0.308. The molecule has 0 saturated heterocycles. The first-order valence-electron chi connectivity index (χ1n) is 6.24. The summed E-state index contributed by atoms with van der Waals surface area (Å²) in [5.74, 6) is 0.309. The Bertz CT molecular complexity index is 758. The first kappa shape index (κ1) is 13.9. The number of hydrogen-bond acceptors (Lipinski definition) is 7. The van der Waals surface area contributed by atoms with Crippen LogP contribution in [0, 0.1) is 5.82 Å². The van der Waals surface area contributed by atoms with Crippen LogP contribution in [0.2, 0.25) is 0 Å². The van der Waals surface area contributed by atoms with E-state index in [0.29, 0.717) is 24.6 Å². The van der Waals surface area contributed by atoms with E-state index in [9.17, 15) is 4.39 Å². The molecule has 0 fully saturated rings. The number of ether oxygens (including phenoxy) is 1. The molecule has 110 valence electrons. The lowest BCUT2D eigenvalue weighted by Gasteiger charge is -2.12. The molecule has 0 radical (unpaired) electrons. The summed E-state index contributed by atoms with van der Waals surface area (Å²) in [6, 6.07) is 4.39. The number of anilines is 1. The molecule has 0 aliphatic carbocycles. The third kappa shape index (κ3) is 2.86. The van der Waals surface area contributed by atoms with Gasteiger partial charge in [-0.1, -0.05) is 5.16 Å². The van der Waals surface area contributed by atoms with Crippen molar-refractivity contribution in [2.45, 2.75) is 13.2 Å². The minimum atomic E-state index is -0.341. The van der Waals surface area contributed by atoms with Crippen LogP contribution >= 0.6 is 11.5 Å². The molecule has 0 amide bonds. The van der Waals surface area contributed by atoms with Crippen molar-refractivity contribution in [1.82, 2.24) is 14.5 Å². The van der Waals surface area contributed by atoms with Gasteiger partial charge in [-0.3, -0.25) is 0 Å². The van der Waals surface area contributed by atoms with Gasteiger partial charge in [-0.2, -0.15) is 4.37 Å². The van der Waals surface area contributed by atoms with E-state index in [1.165, 1.54) is 23.7 Å². The Morgan fingerprint density at radius 3 is 3.10 bits per heavy atom. The molecule has 0 aliphatic heterocycles. The first-order chi connectivity index (χ1) is 10.2. The van der Waals surface area contributed by atoms with Gasteiger partial charge < -0.3 is 14.2 Å². The van der Waals surface area contributed by atoms with Gasteiger partial charge in [0.15, 0.2) is 11.4 Å².